The van der Waals surface area contributed by atoms with Crippen molar-refractivity contribution in [1.82, 2.24) is 5.32 Å². The van der Waals surface area contributed by atoms with Crippen LogP contribution in [0.4, 0.5) is 0 Å². The van der Waals surface area contributed by atoms with Gasteiger partial charge in [0.25, 0.3) is 0 Å². The first-order valence-electron chi connectivity index (χ1n) is 7.66. The number of hydrogen-bond acceptors (Lipinski definition) is 3. The second kappa shape index (κ2) is 6.49. The lowest BCUT2D eigenvalue weighted by Crippen LogP contribution is -2.39. The van der Waals surface area contributed by atoms with Crippen molar-refractivity contribution in [3.05, 3.63) is 23.8 Å². The highest BCUT2D eigenvalue weighted by Gasteiger charge is 2.35. The number of hydrogen-bond donors (Lipinski definition) is 1. The molecule has 2 rings (SSSR count). The lowest BCUT2D eigenvalue weighted by atomic mass is 9.89. The largest absolute Gasteiger partial charge is 0.496 e. The summed E-state index contributed by atoms with van der Waals surface area (Å²) in [6, 6.07) is 6.36. The Labute approximate surface area is 122 Å². The first-order valence-corrected chi connectivity index (χ1v) is 7.66. The zero-order valence-corrected chi connectivity index (χ0v) is 13.2. The van der Waals surface area contributed by atoms with Gasteiger partial charge in [-0.25, -0.2) is 0 Å². The number of fused-ring (bicyclic) bond motifs is 1. The van der Waals surface area contributed by atoms with Crippen molar-refractivity contribution in [2.24, 2.45) is 0 Å². The molecule has 1 aromatic carbocycles. The Bertz CT molecular complexity index is 443. The van der Waals surface area contributed by atoms with Crippen molar-refractivity contribution < 1.29 is 9.47 Å². The SMILES string of the molecule is CCCCCNC1CC(C)(C)Oc2cccc(OC)c21. The van der Waals surface area contributed by atoms with Crippen molar-refractivity contribution in [2.75, 3.05) is 13.7 Å². The summed E-state index contributed by atoms with van der Waals surface area (Å²) in [6.45, 7) is 7.58. The van der Waals surface area contributed by atoms with Crippen LogP contribution in [0.3, 0.4) is 0 Å². The second-order valence-electron chi connectivity index (χ2n) is 6.15. The highest BCUT2D eigenvalue weighted by Crippen LogP contribution is 2.44. The van der Waals surface area contributed by atoms with Crippen LogP contribution in [-0.2, 0) is 0 Å². The molecule has 0 saturated heterocycles. The van der Waals surface area contributed by atoms with Gasteiger partial charge in [-0.1, -0.05) is 25.8 Å². The molecule has 1 atom stereocenters. The van der Waals surface area contributed by atoms with Crippen LogP contribution in [-0.4, -0.2) is 19.3 Å². The molecule has 3 heteroatoms. The Morgan fingerprint density at radius 3 is 2.85 bits per heavy atom. The summed E-state index contributed by atoms with van der Waals surface area (Å²) in [5.41, 5.74) is 1.03. The van der Waals surface area contributed by atoms with Gasteiger partial charge in [-0.3, -0.25) is 0 Å². The highest BCUT2D eigenvalue weighted by molar-refractivity contribution is 5.48. The molecule has 1 aromatic rings. The number of benzene rings is 1. The van der Waals surface area contributed by atoms with E-state index in [1.165, 1.54) is 24.8 Å². The molecule has 0 amide bonds. The van der Waals surface area contributed by atoms with Crippen molar-refractivity contribution in [2.45, 2.75) is 58.1 Å². The minimum Gasteiger partial charge on any atom is -0.496 e. The summed E-state index contributed by atoms with van der Waals surface area (Å²) in [6.07, 6.45) is 4.71. The minimum absolute atomic E-state index is 0.137. The van der Waals surface area contributed by atoms with Crippen LogP contribution in [0.2, 0.25) is 0 Å². The molecule has 0 fully saturated rings. The van der Waals surface area contributed by atoms with E-state index in [9.17, 15) is 0 Å². The number of methoxy groups -OCH3 is 1. The molecule has 0 spiro atoms. The third-order valence-electron chi connectivity index (χ3n) is 3.85. The molecule has 1 aliphatic rings. The molecular formula is C17H27NO2. The summed E-state index contributed by atoms with van der Waals surface area (Å²) in [5, 5.41) is 3.68. The third kappa shape index (κ3) is 3.45. The van der Waals surface area contributed by atoms with E-state index >= 15 is 0 Å². The highest BCUT2D eigenvalue weighted by atomic mass is 16.5. The van der Waals surface area contributed by atoms with Crippen LogP contribution in [0, 0.1) is 0 Å². The molecule has 0 aliphatic carbocycles. The van der Waals surface area contributed by atoms with Gasteiger partial charge < -0.3 is 14.8 Å². The molecule has 112 valence electrons. The maximum atomic E-state index is 6.10. The molecule has 0 aromatic heterocycles. The van der Waals surface area contributed by atoms with Gasteiger partial charge in [0.05, 0.1) is 12.7 Å². The number of rotatable bonds is 6. The van der Waals surface area contributed by atoms with E-state index in [-0.39, 0.29) is 5.60 Å². The third-order valence-corrected chi connectivity index (χ3v) is 3.85. The van der Waals surface area contributed by atoms with Gasteiger partial charge in [-0.15, -0.1) is 0 Å². The topological polar surface area (TPSA) is 30.5 Å². The maximum Gasteiger partial charge on any atom is 0.128 e. The van der Waals surface area contributed by atoms with E-state index in [0.29, 0.717) is 6.04 Å². The lowest BCUT2D eigenvalue weighted by Gasteiger charge is -2.38. The van der Waals surface area contributed by atoms with Gasteiger partial charge in [0.2, 0.25) is 0 Å². The Morgan fingerprint density at radius 1 is 1.35 bits per heavy atom. The Kier molecular flexibility index (Phi) is 4.92. The van der Waals surface area contributed by atoms with E-state index in [0.717, 1.165) is 24.5 Å². The monoisotopic (exact) mass is 277 g/mol. The fourth-order valence-corrected chi connectivity index (χ4v) is 2.89. The van der Waals surface area contributed by atoms with E-state index in [1.54, 1.807) is 7.11 Å². The molecule has 1 heterocycles. The predicted molar refractivity (Wildman–Crippen MR) is 82.6 cm³/mol. The van der Waals surface area contributed by atoms with E-state index in [4.69, 9.17) is 9.47 Å². The summed E-state index contributed by atoms with van der Waals surface area (Å²) in [7, 11) is 1.73. The normalized spacial score (nSPS) is 20.1. The van der Waals surface area contributed by atoms with Crippen LogP contribution in [0.5, 0.6) is 11.5 Å². The molecule has 3 nitrogen and oxygen atoms in total. The Morgan fingerprint density at radius 2 is 2.15 bits per heavy atom. The number of ether oxygens (including phenoxy) is 2. The molecule has 1 unspecified atom stereocenters. The number of unbranched alkanes of at least 4 members (excludes halogenated alkanes) is 2. The zero-order valence-electron chi connectivity index (χ0n) is 13.2. The number of nitrogens with one attached hydrogen (secondary N) is 1. The lowest BCUT2D eigenvalue weighted by molar-refractivity contribution is 0.0648. The molecule has 1 N–H and O–H groups in total. The fourth-order valence-electron chi connectivity index (χ4n) is 2.89. The first-order chi connectivity index (χ1) is 9.57. The van der Waals surface area contributed by atoms with Crippen molar-refractivity contribution in [1.29, 1.82) is 0 Å². The molecule has 20 heavy (non-hydrogen) atoms. The van der Waals surface area contributed by atoms with Crippen molar-refractivity contribution >= 4 is 0 Å². The summed E-state index contributed by atoms with van der Waals surface area (Å²) >= 11 is 0. The van der Waals surface area contributed by atoms with Gasteiger partial charge in [-0.05, 0) is 38.9 Å². The van der Waals surface area contributed by atoms with Gasteiger partial charge >= 0.3 is 0 Å². The average molecular weight is 277 g/mol. The van der Waals surface area contributed by atoms with Crippen LogP contribution >= 0.6 is 0 Å². The smallest absolute Gasteiger partial charge is 0.128 e. The van der Waals surface area contributed by atoms with Crippen LogP contribution < -0.4 is 14.8 Å². The zero-order chi connectivity index (χ0) is 14.6. The van der Waals surface area contributed by atoms with Crippen molar-refractivity contribution in [3.63, 3.8) is 0 Å². The van der Waals surface area contributed by atoms with E-state index in [2.05, 4.69) is 26.1 Å². The molecule has 0 radical (unpaired) electrons. The van der Waals surface area contributed by atoms with Crippen LogP contribution in [0.1, 0.15) is 58.1 Å². The van der Waals surface area contributed by atoms with Crippen LogP contribution in [0.15, 0.2) is 18.2 Å². The Hall–Kier alpha value is -1.22. The minimum atomic E-state index is -0.137. The summed E-state index contributed by atoms with van der Waals surface area (Å²) in [4.78, 5) is 0. The van der Waals surface area contributed by atoms with E-state index in [1.807, 2.05) is 18.2 Å². The predicted octanol–water partition coefficient (Wildman–Crippen LogP) is 4.08. The van der Waals surface area contributed by atoms with E-state index < -0.39 is 0 Å². The standard InChI is InChI=1S/C17H27NO2/c1-5-6-7-11-18-13-12-17(2,3)20-15-10-8-9-14(19-4)16(13)15/h8-10,13,18H,5-7,11-12H2,1-4H3. The van der Waals surface area contributed by atoms with Gasteiger partial charge in [0, 0.05) is 12.5 Å². The molecule has 0 bridgehead atoms. The summed E-state index contributed by atoms with van der Waals surface area (Å²) < 4.78 is 11.6. The second-order valence-corrected chi connectivity index (χ2v) is 6.15. The molecule has 1 aliphatic heterocycles. The Balaban J connectivity index is 2.19. The average Bonchev–Trinajstić information content (AvgIpc) is 2.41. The van der Waals surface area contributed by atoms with Gasteiger partial charge in [0.1, 0.15) is 17.1 Å². The fraction of sp³-hybridized carbons (Fsp3) is 0.647. The first kappa shape index (κ1) is 15.2. The van der Waals surface area contributed by atoms with Gasteiger partial charge in [0.15, 0.2) is 0 Å². The van der Waals surface area contributed by atoms with Gasteiger partial charge in [-0.2, -0.15) is 0 Å². The summed E-state index contributed by atoms with van der Waals surface area (Å²) in [5.74, 6) is 1.87. The van der Waals surface area contributed by atoms with Crippen LogP contribution in [0.25, 0.3) is 0 Å². The molecular weight excluding hydrogens is 250 g/mol. The van der Waals surface area contributed by atoms with Crippen molar-refractivity contribution in [3.8, 4) is 11.5 Å². The quantitative estimate of drug-likeness (QED) is 0.795. The maximum absolute atomic E-state index is 6.10. The molecule has 0 saturated carbocycles.